The lowest BCUT2D eigenvalue weighted by Crippen LogP contribution is -2.19. The fourth-order valence-electron chi connectivity index (χ4n) is 1.84. The highest BCUT2D eigenvalue weighted by atomic mass is 16.1. The second-order valence-corrected chi connectivity index (χ2v) is 3.52. The number of rotatable bonds is 1. The molecule has 1 saturated carbocycles. The Balaban J connectivity index is 2.98. The monoisotopic (exact) mass is 178 g/mol. The lowest BCUT2D eigenvalue weighted by Gasteiger charge is -2.22. The van der Waals surface area contributed by atoms with E-state index in [9.17, 15) is 4.79 Å². The minimum absolute atomic E-state index is 0.187. The van der Waals surface area contributed by atoms with Crippen LogP contribution in [0.2, 0.25) is 0 Å². The third-order valence-electron chi connectivity index (χ3n) is 2.61. The first-order valence-electron chi connectivity index (χ1n) is 4.59. The van der Waals surface area contributed by atoms with Gasteiger partial charge in [-0.15, -0.1) is 0 Å². The first-order chi connectivity index (χ1) is 6.16. The average molecular weight is 178 g/mol. The smallest absolute Gasteiger partial charge is 0.259 e. The van der Waals surface area contributed by atoms with Crippen molar-refractivity contribution in [1.82, 2.24) is 0 Å². The lowest BCUT2D eigenvalue weighted by molar-refractivity contribution is -0.114. The Morgan fingerprint density at radius 3 is 2.77 bits per heavy atom. The quantitative estimate of drug-likeness (QED) is 0.488. The zero-order valence-electron chi connectivity index (χ0n) is 7.84. The first kappa shape index (κ1) is 9.79. The molecule has 0 bridgehead atoms. The van der Waals surface area contributed by atoms with Crippen LogP contribution in [0.15, 0.2) is 11.1 Å². The highest BCUT2D eigenvalue weighted by Crippen LogP contribution is 2.30. The van der Waals surface area contributed by atoms with Gasteiger partial charge in [0.25, 0.3) is 5.91 Å². The van der Waals surface area contributed by atoms with Crippen molar-refractivity contribution in [3.05, 3.63) is 11.1 Å². The lowest BCUT2D eigenvalue weighted by atomic mass is 9.83. The van der Waals surface area contributed by atoms with Crippen LogP contribution in [0.5, 0.6) is 0 Å². The van der Waals surface area contributed by atoms with Gasteiger partial charge in [0.1, 0.15) is 11.6 Å². The van der Waals surface area contributed by atoms with Crippen molar-refractivity contribution in [2.45, 2.75) is 32.6 Å². The molecule has 3 heteroatoms. The molecule has 0 heterocycles. The van der Waals surface area contributed by atoms with E-state index in [-0.39, 0.29) is 5.57 Å². The summed E-state index contributed by atoms with van der Waals surface area (Å²) in [6, 6.07) is 1.91. The summed E-state index contributed by atoms with van der Waals surface area (Å²) in [7, 11) is 0. The standard InChI is InChI=1S/C10H14N2O/c1-7-4-2-3-5-8(7)9(6-11)10(12)13/h7H,2-5H2,1H3,(H2,12,13)/b9-8-. The number of nitriles is 1. The van der Waals surface area contributed by atoms with Crippen molar-refractivity contribution in [3.8, 4) is 6.07 Å². The molecule has 3 nitrogen and oxygen atoms in total. The molecule has 2 N–H and O–H groups in total. The Kier molecular flexibility index (Phi) is 3.07. The zero-order chi connectivity index (χ0) is 9.84. The maximum Gasteiger partial charge on any atom is 0.259 e. The highest BCUT2D eigenvalue weighted by molar-refractivity contribution is 5.96. The van der Waals surface area contributed by atoms with Crippen LogP contribution < -0.4 is 5.73 Å². The van der Waals surface area contributed by atoms with E-state index in [0.29, 0.717) is 5.92 Å². The SMILES string of the molecule is CC1CCCC/C1=C(\C#N)C(N)=O. The van der Waals surface area contributed by atoms with Gasteiger partial charge < -0.3 is 5.73 Å². The van der Waals surface area contributed by atoms with Gasteiger partial charge in [-0.1, -0.05) is 13.3 Å². The Morgan fingerprint density at radius 2 is 2.31 bits per heavy atom. The summed E-state index contributed by atoms with van der Waals surface area (Å²) >= 11 is 0. The predicted molar refractivity (Wildman–Crippen MR) is 49.5 cm³/mol. The summed E-state index contributed by atoms with van der Waals surface area (Å²) in [6.45, 7) is 2.05. The summed E-state index contributed by atoms with van der Waals surface area (Å²) < 4.78 is 0. The van der Waals surface area contributed by atoms with E-state index in [2.05, 4.69) is 6.92 Å². The maximum atomic E-state index is 10.9. The zero-order valence-corrected chi connectivity index (χ0v) is 7.84. The number of carbonyl (C=O) groups is 1. The van der Waals surface area contributed by atoms with E-state index in [4.69, 9.17) is 11.0 Å². The molecule has 1 amide bonds. The van der Waals surface area contributed by atoms with Crippen LogP contribution in [0, 0.1) is 17.2 Å². The molecule has 1 aliphatic rings. The van der Waals surface area contributed by atoms with Gasteiger partial charge in [0.05, 0.1) is 0 Å². The predicted octanol–water partition coefficient (Wildman–Crippen LogP) is 1.50. The molecule has 0 aromatic carbocycles. The molecule has 70 valence electrons. The topological polar surface area (TPSA) is 66.9 Å². The van der Waals surface area contributed by atoms with Crippen LogP contribution >= 0.6 is 0 Å². The Hall–Kier alpha value is -1.30. The van der Waals surface area contributed by atoms with Crippen LogP contribution in [-0.2, 0) is 4.79 Å². The average Bonchev–Trinajstić information content (AvgIpc) is 2.09. The van der Waals surface area contributed by atoms with Crippen LogP contribution in [0.3, 0.4) is 0 Å². The minimum Gasteiger partial charge on any atom is -0.365 e. The summed E-state index contributed by atoms with van der Waals surface area (Å²) in [5, 5.41) is 8.76. The fourth-order valence-corrected chi connectivity index (χ4v) is 1.84. The molecule has 0 aliphatic heterocycles. The number of nitrogens with two attached hydrogens (primary N) is 1. The van der Waals surface area contributed by atoms with E-state index < -0.39 is 5.91 Å². The molecule has 0 radical (unpaired) electrons. The number of carbonyl (C=O) groups excluding carboxylic acids is 1. The van der Waals surface area contributed by atoms with E-state index in [1.165, 1.54) is 6.42 Å². The molecule has 1 aliphatic carbocycles. The summed E-state index contributed by atoms with van der Waals surface area (Å²) in [5.41, 5.74) is 6.27. The first-order valence-corrected chi connectivity index (χ1v) is 4.59. The molecule has 1 atom stereocenters. The van der Waals surface area contributed by atoms with Crippen molar-refractivity contribution >= 4 is 5.91 Å². The number of hydrogen-bond acceptors (Lipinski definition) is 2. The molecule has 1 fully saturated rings. The number of amides is 1. The van der Waals surface area contributed by atoms with Gasteiger partial charge in [0.2, 0.25) is 0 Å². The van der Waals surface area contributed by atoms with Gasteiger partial charge in [-0.25, -0.2) is 0 Å². The molecular weight excluding hydrogens is 164 g/mol. The van der Waals surface area contributed by atoms with E-state index in [0.717, 1.165) is 24.8 Å². The van der Waals surface area contributed by atoms with Gasteiger partial charge >= 0.3 is 0 Å². The van der Waals surface area contributed by atoms with Crippen molar-refractivity contribution in [2.75, 3.05) is 0 Å². The molecule has 0 spiro atoms. The van der Waals surface area contributed by atoms with Gasteiger partial charge in [-0.05, 0) is 30.8 Å². The number of hydrogen-bond donors (Lipinski definition) is 1. The molecular formula is C10H14N2O. The molecule has 0 aromatic heterocycles. The number of allylic oxidation sites excluding steroid dienone is 1. The van der Waals surface area contributed by atoms with Gasteiger partial charge in [0.15, 0.2) is 0 Å². The molecule has 13 heavy (non-hydrogen) atoms. The normalized spacial score (nSPS) is 26.3. The summed E-state index contributed by atoms with van der Waals surface area (Å²) in [6.07, 6.45) is 4.17. The molecule has 0 saturated heterocycles. The highest BCUT2D eigenvalue weighted by Gasteiger charge is 2.20. The van der Waals surface area contributed by atoms with E-state index in [1.807, 2.05) is 6.07 Å². The number of primary amides is 1. The van der Waals surface area contributed by atoms with Gasteiger partial charge in [-0.3, -0.25) is 4.79 Å². The Labute approximate surface area is 78.2 Å². The molecule has 1 unspecified atom stereocenters. The molecule has 0 aromatic rings. The Morgan fingerprint density at radius 1 is 1.62 bits per heavy atom. The van der Waals surface area contributed by atoms with Crippen molar-refractivity contribution in [2.24, 2.45) is 11.7 Å². The maximum absolute atomic E-state index is 10.9. The van der Waals surface area contributed by atoms with Crippen molar-refractivity contribution in [3.63, 3.8) is 0 Å². The largest absolute Gasteiger partial charge is 0.365 e. The van der Waals surface area contributed by atoms with Crippen LogP contribution in [0.25, 0.3) is 0 Å². The molecule has 1 rings (SSSR count). The van der Waals surface area contributed by atoms with Gasteiger partial charge in [-0.2, -0.15) is 5.26 Å². The Bertz CT molecular complexity index is 286. The second-order valence-electron chi connectivity index (χ2n) is 3.52. The summed E-state index contributed by atoms with van der Waals surface area (Å²) in [5.74, 6) is -0.234. The van der Waals surface area contributed by atoms with Crippen LogP contribution in [0.1, 0.15) is 32.6 Å². The van der Waals surface area contributed by atoms with Gasteiger partial charge in [0, 0.05) is 0 Å². The minimum atomic E-state index is -0.578. The van der Waals surface area contributed by atoms with Crippen molar-refractivity contribution < 1.29 is 4.79 Å². The number of nitrogens with zero attached hydrogens (tertiary/aromatic N) is 1. The van der Waals surface area contributed by atoms with E-state index in [1.54, 1.807) is 0 Å². The third kappa shape index (κ3) is 2.09. The van der Waals surface area contributed by atoms with Crippen molar-refractivity contribution in [1.29, 1.82) is 5.26 Å². The van der Waals surface area contributed by atoms with E-state index >= 15 is 0 Å². The van der Waals surface area contributed by atoms with Crippen LogP contribution in [0.4, 0.5) is 0 Å². The fraction of sp³-hybridized carbons (Fsp3) is 0.600. The summed E-state index contributed by atoms with van der Waals surface area (Å²) in [4.78, 5) is 10.9. The second kappa shape index (κ2) is 4.08. The van der Waals surface area contributed by atoms with Crippen LogP contribution in [-0.4, -0.2) is 5.91 Å². The third-order valence-corrected chi connectivity index (χ3v) is 2.61.